The second-order valence-corrected chi connectivity index (χ2v) is 7.49. The van der Waals surface area contributed by atoms with Crippen molar-refractivity contribution in [2.75, 3.05) is 24.5 Å². The minimum Gasteiger partial charge on any atom is -0.393 e. The van der Waals surface area contributed by atoms with Gasteiger partial charge in [-0.1, -0.05) is 12.1 Å². The van der Waals surface area contributed by atoms with Crippen molar-refractivity contribution < 1.29 is 9.50 Å². The first kappa shape index (κ1) is 18.7. The van der Waals surface area contributed by atoms with Crippen LogP contribution >= 0.6 is 11.3 Å². The van der Waals surface area contributed by atoms with Crippen LogP contribution in [0.5, 0.6) is 0 Å². The molecule has 5 nitrogen and oxygen atoms in total. The Hall–Kier alpha value is -2.12. The van der Waals surface area contributed by atoms with E-state index in [1.165, 1.54) is 10.9 Å². The molecule has 0 atom stereocenters. The smallest absolute Gasteiger partial charge is 0.188 e. The number of anilines is 1. The molecule has 1 aliphatic heterocycles. The van der Waals surface area contributed by atoms with E-state index in [0.29, 0.717) is 44.1 Å². The van der Waals surface area contributed by atoms with Gasteiger partial charge in [-0.25, -0.2) is 9.38 Å². The Bertz CT molecular complexity index is 727. The molecule has 0 bridgehead atoms. The van der Waals surface area contributed by atoms with Crippen LogP contribution in [-0.2, 0) is 13.0 Å². The molecule has 140 valence electrons. The molecule has 0 radical (unpaired) electrons. The van der Waals surface area contributed by atoms with Crippen LogP contribution in [0.25, 0.3) is 0 Å². The number of halogens is 1. The van der Waals surface area contributed by atoms with Crippen molar-refractivity contribution in [1.82, 2.24) is 5.32 Å². The second-order valence-electron chi connectivity index (χ2n) is 6.46. The topological polar surface area (TPSA) is 73.9 Å². The molecule has 0 aliphatic carbocycles. The van der Waals surface area contributed by atoms with Crippen LogP contribution in [0.2, 0.25) is 0 Å². The number of nitrogens with one attached hydrogen (secondary N) is 1. The summed E-state index contributed by atoms with van der Waals surface area (Å²) in [4.78, 5) is 7.56. The Kier molecular flexibility index (Phi) is 6.46. The number of hydrogen-bond acceptors (Lipinski definition) is 4. The van der Waals surface area contributed by atoms with E-state index in [4.69, 9.17) is 5.73 Å². The molecule has 0 saturated carbocycles. The number of rotatable bonds is 6. The molecule has 1 fully saturated rings. The van der Waals surface area contributed by atoms with Gasteiger partial charge in [0.25, 0.3) is 0 Å². The third-order valence-corrected chi connectivity index (χ3v) is 5.44. The molecule has 1 aromatic carbocycles. The van der Waals surface area contributed by atoms with Crippen LogP contribution in [0.4, 0.5) is 10.1 Å². The van der Waals surface area contributed by atoms with Gasteiger partial charge in [0.15, 0.2) is 5.96 Å². The van der Waals surface area contributed by atoms with Gasteiger partial charge in [-0.3, -0.25) is 0 Å². The standard InChI is InChI=1S/C19H25FN4OS/c20-17-12-14(3-4-18(17)24-9-6-15(25)7-10-24)13-23-19(21)22-8-5-16-2-1-11-26-16/h1-4,11-12,15,25H,5-10,13H2,(H3,21,22,23). The molecule has 2 aromatic rings. The lowest BCUT2D eigenvalue weighted by molar-refractivity contribution is 0.145. The summed E-state index contributed by atoms with van der Waals surface area (Å²) < 4.78 is 14.4. The first-order valence-electron chi connectivity index (χ1n) is 8.89. The molecule has 0 unspecified atom stereocenters. The average Bonchev–Trinajstić information content (AvgIpc) is 3.14. The van der Waals surface area contributed by atoms with Gasteiger partial charge in [-0.05, 0) is 48.4 Å². The number of piperidine rings is 1. The van der Waals surface area contributed by atoms with E-state index in [-0.39, 0.29) is 11.9 Å². The third kappa shape index (κ3) is 5.19. The van der Waals surface area contributed by atoms with Crippen molar-refractivity contribution in [2.45, 2.75) is 31.9 Å². The minimum absolute atomic E-state index is 0.252. The number of benzene rings is 1. The number of hydrogen-bond donors (Lipinski definition) is 3. The highest BCUT2D eigenvalue weighted by atomic mass is 32.1. The Labute approximate surface area is 157 Å². The van der Waals surface area contributed by atoms with Crippen LogP contribution in [-0.4, -0.2) is 36.8 Å². The SMILES string of the molecule is NC(=NCc1ccc(N2CCC(O)CC2)c(F)c1)NCCc1cccs1. The van der Waals surface area contributed by atoms with E-state index in [1.807, 2.05) is 17.0 Å². The Morgan fingerprint density at radius 1 is 1.35 bits per heavy atom. The van der Waals surface area contributed by atoms with Crippen molar-refractivity contribution in [1.29, 1.82) is 0 Å². The number of aliphatic hydroxyl groups is 1. The van der Waals surface area contributed by atoms with Crippen molar-refractivity contribution >= 4 is 23.0 Å². The van der Waals surface area contributed by atoms with Crippen molar-refractivity contribution in [3.8, 4) is 0 Å². The molecule has 2 heterocycles. The quantitative estimate of drug-likeness (QED) is 0.535. The molecule has 0 spiro atoms. The summed E-state index contributed by atoms with van der Waals surface area (Å²) in [6.45, 7) is 2.42. The largest absolute Gasteiger partial charge is 0.393 e. The number of guanidine groups is 1. The average molecular weight is 377 g/mol. The zero-order valence-electron chi connectivity index (χ0n) is 14.7. The third-order valence-electron chi connectivity index (χ3n) is 4.51. The number of nitrogens with zero attached hydrogens (tertiary/aromatic N) is 2. The van der Waals surface area contributed by atoms with E-state index in [2.05, 4.69) is 21.8 Å². The van der Waals surface area contributed by atoms with Crippen molar-refractivity contribution in [2.24, 2.45) is 10.7 Å². The van der Waals surface area contributed by atoms with Gasteiger partial charge in [-0.2, -0.15) is 0 Å². The summed E-state index contributed by atoms with van der Waals surface area (Å²) >= 11 is 1.72. The molecule has 4 N–H and O–H groups in total. The number of aliphatic imine (C=N–C) groups is 1. The molecule has 26 heavy (non-hydrogen) atoms. The summed E-state index contributed by atoms with van der Waals surface area (Å²) in [5, 5.41) is 14.7. The monoisotopic (exact) mass is 376 g/mol. The second kappa shape index (κ2) is 9.00. The van der Waals surface area contributed by atoms with Crippen LogP contribution < -0.4 is 16.0 Å². The Balaban J connectivity index is 1.50. The van der Waals surface area contributed by atoms with Crippen LogP contribution in [0.3, 0.4) is 0 Å². The lowest BCUT2D eigenvalue weighted by Gasteiger charge is -2.31. The maximum atomic E-state index is 14.4. The van der Waals surface area contributed by atoms with Crippen molar-refractivity contribution in [3.05, 3.63) is 52.0 Å². The van der Waals surface area contributed by atoms with Gasteiger partial charge in [0, 0.05) is 24.5 Å². The molecular weight excluding hydrogens is 351 g/mol. The van der Waals surface area contributed by atoms with Gasteiger partial charge < -0.3 is 21.1 Å². The molecule has 1 aromatic heterocycles. The van der Waals surface area contributed by atoms with E-state index in [1.54, 1.807) is 17.4 Å². The maximum absolute atomic E-state index is 14.4. The lowest BCUT2D eigenvalue weighted by Crippen LogP contribution is -2.36. The fourth-order valence-corrected chi connectivity index (χ4v) is 3.72. The predicted octanol–water partition coefficient (Wildman–Crippen LogP) is 2.50. The van der Waals surface area contributed by atoms with Crippen LogP contribution in [0.15, 0.2) is 40.7 Å². The first-order chi connectivity index (χ1) is 12.6. The van der Waals surface area contributed by atoms with Gasteiger partial charge in [-0.15, -0.1) is 11.3 Å². The fraction of sp³-hybridized carbons (Fsp3) is 0.421. The van der Waals surface area contributed by atoms with Gasteiger partial charge in [0.1, 0.15) is 5.82 Å². The highest BCUT2D eigenvalue weighted by Gasteiger charge is 2.19. The highest BCUT2D eigenvalue weighted by Crippen LogP contribution is 2.24. The molecule has 3 rings (SSSR count). The zero-order chi connectivity index (χ0) is 18.4. The van der Waals surface area contributed by atoms with E-state index in [0.717, 1.165) is 18.5 Å². The summed E-state index contributed by atoms with van der Waals surface area (Å²) in [5.41, 5.74) is 7.25. The van der Waals surface area contributed by atoms with Gasteiger partial charge in [0.05, 0.1) is 18.3 Å². The lowest BCUT2D eigenvalue weighted by atomic mass is 10.1. The van der Waals surface area contributed by atoms with Gasteiger partial charge in [0.2, 0.25) is 0 Å². The summed E-state index contributed by atoms with van der Waals surface area (Å²) in [7, 11) is 0. The fourth-order valence-electron chi connectivity index (χ4n) is 3.01. The van der Waals surface area contributed by atoms with E-state index in [9.17, 15) is 9.50 Å². The molecule has 7 heteroatoms. The van der Waals surface area contributed by atoms with Crippen molar-refractivity contribution in [3.63, 3.8) is 0 Å². The van der Waals surface area contributed by atoms with Gasteiger partial charge >= 0.3 is 0 Å². The molecule has 0 amide bonds. The van der Waals surface area contributed by atoms with Crippen LogP contribution in [0.1, 0.15) is 23.3 Å². The predicted molar refractivity (Wildman–Crippen MR) is 105 cm³/mol. The zero-order valence-corrected chi connectivity index (χ0v) is 15.5. The first-order valence-corrected chi connectivity index (χ1v) is 9.77. The summed E-state index contributed by atoms with van der Waals surface area (Å²) in [6, 6.07) is 9.31. The number of nitrogens with two attached hydrogens (primary N) is 1. The molecular formula is C19H25FN4OS. The number of thiophene rings is 1. The Morgan fingerprint density at radius 3 is 2.85 bits per heavy atom. The molecule has 1 saturated heterocycles. The van der Waals surface area contributed by atoms with E-state index < -0.39 is 0 Å². The van der Waals surface area contributed by atoms with E-state index >= 15 is 0 Å². The normalized spacial score (nSPS) is 16.1. The summed E-state index contributed by atoms with van der Waals surface area (Å²) in [5.74, 6) is 0.120. The van der Waals surface area contributed by atoms with Crippen LogP contribution in [0, 0.1) is 5.82 Å². The minimum atomic E-state index is -0.266. The maximum Gasteiger partial charge on any atom is 0.188 e. The molecule has 1 aliphatic rings. The summed E-state index contributed by atoms with van der Waals surface area (Å²) in [6.07, 6.45) is 2.00. The Morgan fingerprint density at radius 2 is 2.15 bits per heavy atom. The highest BCUT2D eigenvalue weighted by molar-refractivity contribution is 7.09. The number of aliphatic hydroxyl groups excluding tert-OH is 1.